The molecule has 2 aromatic heterocycles. The van der Waals surface area contributed by atoms with E-state index in [0.29, 0.717) is 31.3 Å². The van der Waals surface area contributed by atoms with Crippen LogP contribution in [0.2, 0.25) is 0 Å². The van der Waals surface area contributed by atoms with E-state index in [1.54, 1.807) is 6.20 Å². The van der Waals surface area contributed by atoms with Crippen LogP contribution in [0.15, 0.2) is 43.1 Å². The number of rotatable bonds is 4. The van der Waals surface area contributed by atoms with Gasteiger partial charge in [0, 0.05) is 50.7 Å². The third kappa shape index (κ3) is 3.76. The van der Waals surface area contributed by atoms with Gasteiger partial charge in [-0.1, -0.05) is 0 Å². The summed E-state index contributed by atoms with van der Waals surface area (Å²) in [5.74, 6) is 0.512. The van der Waals surface area contributed by atoms with Crippen molar-refractivity contribution >= 4 is 22.5 Å². The molecular weight excluding hydrogens is 384 g/mol. The van der Waals surface area contributed by atoms with E-state index in [1.165, 1.54) is 18.7 Å². The Labute approximate surface area is 173 Å². The van der Waals surface area contributed by atoms with Crippen molar-refractivity contribution in [2.45, 2.75) is 12.5 Å². The molecule has 30 heavy (non-hydrogen) atoms. The number of ether oxygens (including phenoxy) is 2. The number of carbonyl (C=O) groups excluding carboxylic acids is 1. The maximum Gasteiger partial charge on any atom is 0.274 e. The number of carbonyl (C=O) groups is 1. The van der Waals surface area contributed by atoms with Gasteiger partial charge in [-0.05, 0) is 18.2 Å². The molecular formula is C21H22N6O3. The lowest BCUT2D eigenvalue weighted by atomic mass is 10.1. The highest BCUT2D eigenvalue weighted by Crippen LogP contribution is 2.29. The van der Waals surface area contributed by atoms with Crippen molar-refractivity contribution in [1.29, 1.82) is 0 Å². The van der Waals surface area contributed by atoms with Crippen molar-refractivity contribution in [3.05, 3.63) is 48.8 Å². The monoisotopic (exact) mass is 406 g/mol. The first-order chi connectivity index (χ1) is 14.8. The Bertz CT molecular complexity index is 1030. The summed E-state index contributed by atoms with van der Waals surface area (Å²) in [6.07, 6.45) is 7.04. The molecule has 1 unspecified atom stereocenters. The van der Waals surface area contributed by atoms with E-state index in [9.17, 15) is 4.79 Å². The molecule has 2 fully saturated rings. The van der Waals surface area contributed by atoms with Crippen LogP contribution in [0, 0.1) is 0 Å². The second-order valence-corrected chi connectivity index (χ2v) is 7.35. The van der Waals surface area contributed by atoms with E-state index in [2.05, 4.69) is 37.0 Å². The third-order valence-corrected chi connectivity index (χ3v) is 5.46. The summed E-state index contributed by atoms with van der Waals surface area (Å²) in [4.78, 5) is 33.5. The van der Waals surface area contributed by atoms with Gasteiger partial charge in [-0.3, -0.25) is 9.78 Å². The second-order valence-electron chi connectivity index (χ2n) is 7.35. The third-order valence-electron chi connectivity index (χ3n) is 5.46. The highest BCUT2D eigenvalue weighted by Gasteiger charge is 2.24. The van der Waals surface area contributed by atoms with Crippen LogP contribution in [0.4, 0.5) is 5.69 Å². The molecule has 0 saturated carbocycles. The zero-order valence-corrected chi connectivity index (χ0v) is 16.5. The molecule has 4 heterocycles. The molecule has 9 heteroatoms. The van der Waals surface area contributed by atoms with Gasteiger partial charge in [0.05, 0.1) is 30.3 Å². The Balaban J connectivity index is 1.31. The standard InChI is InChI=1S/C21H22N6O3/c28-21(19-12-22-4-5-23-19)27-8-6-26(7-9-27)15-1-2-18-17(11-15)20(25-14-24-18)30-16-3-10-29-13-16/h1-2,4-5,11-12,14,16H,3,6-10,13H2. The van der Waals surface area contributed by atoms with E-state index in [-0.39, 0.29) is 12.0 Å². The van der Waals surface area contributed by atoms with Crippen molar-refractivity contribution in [3.63, 3.8) is 0 Å². The fourth-order valence-electron chi connectivity index (χ4n) is 3.81. The predicted molar refractivity (Wildman–Crippen MR) is 110 cm³/mol. The van der Waals surface area contributed by atoms with Gasteiger partial charge in [0.25, 0.3) is 5.91 Å². The van der Waals surface area contributed by atoms with E-state index in [1.807, 2.05) is 11.0 Å². The van der Waals surface area contributed by atoms with Crippen LogP contribution in [0.25, 0.3) is 10.9 Å². The molecule has 0 spiro atoms. The number of amides is 1. The quantitative estimate of drug-likeness (QED) is 0.644. The summed E-state index contributed by atoms with van der Waals surface area (Å²) in [6.45, 7) is 4.03. The normalized spacial score (nSPS) is 19.3. The lowest BCUT2D eigenvalue weighted by molar-refractivity contribution is 0.0740. The number of aromatic nitrogens is 4. The SMILES string of the molecule is O=C(c1cnccn1)N1CCN(c2ccc3ncnc(OC4CCOC4)c3c2)CC1. The average molecular weight is 406 g/mol. The maximum absolute atomic E-state index is 12.6. The van der Waals surface area contributed by atoms with E-state index in [4.69, 9.17) is 9.47 Å². The molecule has 2 saturated heterocycles. The van der Waals surface area contributed by atoms with Crippen molar-refractivity contribution < 1.29 is 14.3 Å². The average Bonchev–Trinajstić information content (AvgIpc) is 3.32. The van der Waals surface area contributed by atoms with Crippen LogP contribution in [0.3, 0.4) is 0 Å². The summed E-state index contributed by atoms with van der Waals surface area (Å²) in [6, 6.07) is 6.11. The number of piperazine rings is 1. The Morgan fingerprint density at radius 3 is 2.77 bits per heavy atom. The largest absolute Gasteiger partial charge is 0.471 e. The Morgan fingerprint density at radius 1 is 1.10 bits per heavy atom. The maximum atomic E-state index is 12.6. The predicted octanol–water partition coefficient (Wildman–Crippen LogP) is 1.55. The van der Waals surface area contributed by atoms with Crippen LogP contribution >= 0.6 is 0 Å². The van der Waals surface area contributed by atoms with E-state index < -0.39 is 0 Å². The summed E-state index contributed by atoms with van der Waals surface area (Å²) >= 11 is 0. The van der Waals surface area contributed by atoms with E-state index >= 15 is 0 Å². The number of benzene rings is 1. The highest BCUT2D eigenvalue weighted by atomic mass is 16.5. The summed E-state index contributed by atoms with van der Waals surface area (Å²) < 4.78 is 11.5. The second kappa shape index (κ2) is 8.19. The van der Waals surface area contributed by atoms with Gasteiger partial charge >= 0.3 is 0 Å². The number of nitrogens with zero attached hydrogens (tertiary/aromatic N) is 6. The zero-order valence-electron chi connectivity index (χ0n) is 16.5. The molecule has 2 aliphatic rings. The number of hydrogen-bond acceptors (Lipinski definition) is 8. The van der Waals surface area contributed by atoms with Gasteiger partial charge in [-0.15, -0.1) is 0 Å². The van der Waals surface area contributed by atoms with Crippen LogP contribution in [-0.2, 0) is 4.74 Å². The molecule has 0 N–H and O–H groups in total. The van der Waals surface area contributed by atoms with Gasteiger partial charge in [0.15, 0.2) is 0 Å². The van der Waals surface area contributed by atoms with Crippen molar-refractivity contribution in [1.82, 2.24) is 24.8 Å². The minimum absolute atomic E-state index is 0.0300. The van der Waals surface area contributed by atoms with E-state index in [0.717, 1.165) is 42.7 Å². The summed E-state index contributed by atoms with van der Waals surface area (Å²) in [5.41, 5.74) is 2.29. The molecule has 0 radical (unpaired) electrons. The summed E-state index contributed by atoms with van der Waals surface area (Å²) in [5, 5.41) is 0.889. The molecule has 1 aromatic carbocycles. The smallest absolute Gasteiger partial charge is 0.274 e. The van der Waals surface area contributed by atoms with Crippen molar-refractivity contribution in [3.8, 4) is 5.88 Å². The molecule has 0 bridgehead atoms. The topological polar surface area (TPSA) is 93.6 Å². The Morgan fingerprint density at radius 2 is 2.00 bits per heavy atom. The molecule has 9 nitrogen and oxygen atoms in total. The number of hydrogen-bond donors (Lipinski definition) is 0. The van der Waals surface area contributed by atoms with Gasteiger partial charge in [0.1, 0.15) is 18.1 Å². The van der Waals surface area contributed by atoms with Gasteiger partial charge in [-0.25, -0.2) is 15.0 Å². The first kappa shape index (κ1) is 18.7. The van der Waals surface area contributed by atoms with Crippen LogP contribution in [-0.4, -0.2) is 76.2 Å². The first-order valence-corrected chi connectivity index (χ1v) is 10.1. The molecule has 1 amide bonds. The van der Waals surface area contributed by atoms with Gasteiger partial charge < -0.3 is 19.3 Å². The minimum atomic E-state index is -0.0795. The number of fused-ring (bicyclic) bond motifs is 1. The molecule has 2 aliphatic heterocycles. The zero-order chi connectivity index (χ0) is 20.3. The van der Waals surface area contributed by atoms with Crippen LogP contribution in [0.1, 0.15) is 16.9 Å². The molecule has 154 valence electrons. The lowest BCUT2D eigenvalue weighted by Crippen LogP contribution is -2.49. The lowest BCUT2D eigenvalue weighted by Gasteiger charge is -2.36. The molecule has 3 aromatic rings. The molecule has 0 aliphatic carbocycles. The minimum Gasteiger partial charge on any atom is -0.471 e. The van der Waals surface area contributed by atoms with Crippen molar-refractivity contribution in [2.24, 2.45) is 0 Å². The van der Waals surface area contributed by atoms with Crippen LogP contribution < -0.4 is 9.64 Å². The van der Waals surface area contributed by atoms with Crippen molar-refractivity contribution in [2.75, 3.05) is 44.3 Å². The molecule has 5 rings (SSSR count). The van der Waals surface area contributed by atoms with Gasteiger partial charge in [0.2, 0.25) is 5.88 Å². The fraction of sp³-hybridized carbons (Fsp3) is 0.381. The summed E-state index contributed by atoms with van der Waals surface area (Å²) in [7, 11) is 0. The molecule has 1 atom stereocenters. The number of anilines is 1. The van der Waals surface area contributed by atoms with Crippen LogP contribution in [0.5, 0.6) is 5.88 Å². The Hall–Kier alpha value is -3.33. The highest BCUT2D eigenvalue weighted by molar-refractivity contribution is 5.92. The van der Waals surface area contributed by atoms with Gasteiger partial charge in [-0.2, -0.15) is 0 Å². The Kier molecular flexibility index (Phi) is 5.10. The first-order valence-electron chi connectivity index (χ1n) is 10.1. The fourth-order valence-corrected chi connectivity index (χ4v) is 3.81.